The molecular weight excluding hydrogens is 566 g/mol. The number of fused-ring (bicyclic) bond motifs is 1. The lowest BCUT2D eigenvalue weighted by Gasteiger charge is -2.27. The quantitative estimate of drug-likeness (QED) is 0.130. The number of esters is 1. The van der Waals surface area contributed by atoms with Crippen LogP contribution in [-0.2, 0) is 42.8 Å². The van der Waals surface area contributed by atoms with Gasteiger partial charge in [-0.3, -0.25) is 29.4 Å². The van der Waals surface area contributed by atoms with Crippen LogP contribution < -0.4 is 10.6 Å². The second-order valence-electron chi connectivity index (χ2n) is 10.7. The lowest BCUT2D eigenvalue weighted by atomic mass is 10.0. The van der Waals surface area contributed by atoms with Gasteiger partial charge in [0.2, 0.25) is 11.8 Å². The molecule has 2 heterocycles. The van der Waals surface area contributed by atoms with Crippen molar-refractivity contribution in [1.29, 1.82) is 0 Å². The summed E-state index contributed by atoms with van der Waals surface area (Å²) in [7, 11) is 0. The van der Waals surface area contributed by atoms with Crippen LogP contribution in [-0.4, -0.2) is 119 Å². The standard InChI is InChI=1S/C29H41N3O11/c1-29(2,3)43-24(34)19-42-18-17-41-16-15-40-14-13-39-12-11-38-10-9-30-21-6-4-5-20-25(21)28(37)32(27(20)36)22-7-8-23(33)31-26(22)35/h4-6,22,30H,7-19H2,1-3H3,(H,31,33,35). The van der Waals surface area contributed by atoms with E-state index in [1.165, 1.54) is 0 Å². The van der Waals surface area contributed by atoms with Gasteiger partial charge in [0, 0.05) is 18.7 Å². The van der Waals surface area contributed by atoms with Crippen LogP contribution in [0.1, 0.15) is 54.3 Å². The summed E-state index contributed by atoms with van der Waals surface area (Å²) in [6.07, 6.45) is 0.167. The highest BCUT2D eigenvalue weighted by Gasteiger charge is 2.45. The number of rotatable bonds is 19. The van der Waals surface area contributed by atoms with Gasteiger partial charge in [-0.1, -0.05) is 6.07 Å². The number of anilines is 1. The van der Waals surface area contributed by atoms with Crippen molar-refractivity contribution < 1.29 is 52.4 Å². The van der Waals surface area contributed by atoms with Crippen molar-refractivity contribution >= 4 is 35.3 Å². The number of carbonyl (C=O) groups is 5. The lowest BCUT2D eigenvalue weighted by Crippen LogP contribution is -2.54. The van der Waals surface area contributed by atoms with E-state index in [0.717, 1.165) is 4.90 Å². The minimum atomic E-state index is -1.01. The summed E-state index contributed by atoms with van der Waals surface area (Å²) in [6.45, 7) is 8.96. The first-order chi connectivity index (χ1) is 20.6. The van der Waals surface area contributed by atoms with Crippen LogP contribution in [0, 0.1) is 0 Å². The fraction of sp³-hybridized carbons (Fsp3) is 0.621. The van der Waals surface area contributed by atoms with Gasteiger partial charge in [-0.05, 0) is 39.3 Å². The summed E-state index contributed by atoms with van der Waals surface area (Å²) in [4.78, 5) is 62.2. The molecular formula is C29H41N3O11. The van der Waals surface area contributed by atoms with Gasteiger partial charge < -0.3 is 33.7 Å². The molecule has 0 bridgehead atoms. The van der Waals surface area contributed by atoms with E-state index < -0.39 is 41.2 Å². The van der Waals surface area contributed by atoms with Crippen LogP contribution in [0.4, 0.5) is 5.69 Å². The number of ether oxygens (including phenoxy) is 6. The van der Waals surface area contributed by atoms with Gasteiger partial charge in [0.1, 0.15) is 18.2 Å². The van der Waals surface area contributed by atoms with E-state index in [1.54, 1.807) is 39.0 Å². The van der Waals surface area contributed by atoms with Crippen molar-refractivity contribution in [3.05, 3.63) is 29.3 Å². The predicted molar refractivity (Wildman–Crippen MR) is 152 cm³/mol. The first kappa shape index (κ1) is 34.1. The van der Waals surface area contributed by atoms with E-state index in [0.29, 0.717) is 65.1 Å². The number of hydrogen-bond donors (Lipinski definition) is 2. The van der Waals surface area contributed by atoms with Gasteiger partial charge in [-0.15, -0.1) is 0 Å². The molecule has 1 saturated heterocycles. The Kier molecular flexibility index (Phi) is 13.5. The summed E-state index contributed by atoms with van der Waals surface area (Å²) in [5.41, 5.74) is 0.359. The summed E-state index contributed by atoms with van der Waals surface area (Å²) in [5, 5.41) is 5.30. The molecule has 0 spiro atoms. The van der Waals surface area contributed by atoms with E-state index in [1.807, 2.05) is 0 Å². The second-order valence-corrected chi connectivity index (χ2v) is 10.7. The van der Waals surface area contributed by atoms with Gasteiger partial charge in [-0.2, -0.15) is 0 Å². The molecule has 1 fully saturated rings. The molecule has 238 valence electrons. The third-order valence-electron chi connectivity index (χ3n) is 6.16. The van der Waals surface area contributed by atoms with Crippen molar-refractivity contribution in [3.8, 4) is 0 Å². The molecule has 0 radical (unpaired) electrons. The topological polar surface area (TPSA) is 168 Å². The van der Waals surface area contributed by atoms with E-state index >= 15 is 0 Å². The Labute approximate surface area is 250 Å². The number of hydrogen-bond acceptors (Lipinski definition) is 12. The number of carbonyl (C=O) groups excluding carboxylic acids is 5. The first-order valence-corrected chi connectivity index (χ1v) is 14.3. The Hall–Kier alpha value is -3.43. The fourth-order valence-electron chi connectivity index (χ4n) is 4.33. The highest BCUT2D eigenvalue weighted by atomic mass is 16.6. The van der Waals surface area contributed by atoms with Crippen LogP contribution in [0.2, 0.25) is 0 Å². The van der Waals surface area contributed by atoms with Crippen molar-refractivity contribution in [2.75, 3.05) is 77.9 Å². The Morgan fingerprint density at radius 1 is 0.860 bits per heavy atom. The third-order valence-corrected chi connectivity index (χ3v) is 6.16. The van der Waals surface area contributed by atoms with Crippen LogP contribution >= 0.6 is 0 Å². The van der Waals surface area contributed by atoms with Crippen molar-refractivity contribution in [3.63, 3.8) is 0 Å². The molecule has 0 aliphatic carbocycles. The van der Waals surface area contributed by atoms with Gasteiger partial charge in [0.15, 0.2) is 0 Å². The fourth-order valence-corrected chi connectivity index (χ4v) is 4.33. The average Bonchev–Trinajstić information content (AvgIpc) is 3.19. The molecule has 0 saturated carbocycles. The van der Waals surface area contributed by atoms with E-state index in [4.69, 9.17) is 28.4 Å². The van der Waals surface area contributed by atoms with Gasteiger partial charge >= 0.3 is 5.97 Å². The van der Waals surface area contributed by atoms with E-state index in [9.17, 15) is 24.0 Å². The number of benzene rings is 1. The summed E-state index contributed by atoms with van der Waals surface area (Å²) >= 11 is 0. The zero-order valence-electron chi connectivity index (χ0n) is 24.9. The average molecular weight is 608 g/mol. The van der Waals surface area contributed by atoms with Gasteiger partial charge in [0.25, 0.3) is 11.8 Å². The maximum absolute atomic E-state index is 13.1. The van der Waals surface area contributed by atoms with Crippen LogP contribution in [0.25, 0.3) is 0 Å². The molecule has 1 atom stereocenters. The van der Waals surface area contributed by atoms with Crippen molar-refractivity contribution in [2.24, 2.45) is 0 Å². The Balaban J connectivity index is 1.19. The normalized spacial score (nSPS) is 16.8. The molecule has 2 N–H and O–H groups in total. The SMILES string of the molecule is CC(C)(C)OC(=O)COCCOCCOCCOCCOCCNc1cccc2c1C(=O)N(C1CCC(=O)NC1=O)C2=O. The number of imide groups is 2. The number of piperidine rings is 1. The maximum Gasteiger partial charge on any atom is 0.332 e. The van der Waals surface area contributed by atoms with Crippen molar-refractivity contribution in [1.82, 2.24) is 10.2 Å². The molecule has 1 aromatic carbocycles. The van der Waals surface area contributed by atoms with Crippen LogP contribution in [0.5, 0.6) is 0 Å². The lowest BCUT2D eigenvalue weighted by molar-refractivity contribution is -0.160. The van der Waals surface area contributed by atoms with Crippen molar-refractivity contribution in [2.45, 2.75) is 45.3 Å². The van der Waals surface area contributed by atoms with E-state index in [-0.39, 0.29) is 37.2 Å². The number of nitrogens with one attached hydrogen (secondary N) is 2. The van der Waals surface area contributed by atoms with Crippen LogP contribution in [0.15, 0.2) is 18.2 Å². The highest BCUT2D eigenvalue weighted by molar-refractivity contribution is 6.25. The molecule has 0 aromatic heterocycles. The third kappa shape index (κ3) is 11.0. The molecule has 3 rings (SSSR count). The maximum atomic E-state index is 13.1. The molecule has 14 nitrogen and oxygen atoms in total. The molecule has 4 amide bonds. The predicted octanol–water partition coefficient (Wildman–Crippen LogP) is 0.924. The summed E-state index contributed by atoms with van der Waals surface area (Å²) in [5.74, 6) is -2.59. The van der Waals surface area contributed by atoms with Crippen LogP contribution in [0.3, 0.4) is 0 Å². The summed E-state index contributed by atoms with van der Waals surface area (Å²) < 4.78 is 32.2. The zero-order valence-corrected chi connectivity index (χ0v) is 24.9. The number of nitrogens with zero attached hydrogens (tertiary/aromatic N) is 1. The largest absolute Gasteiger partial charge is 0.458 e. The van der Waals surface area contributed by atoms with E-state index in [2.05, 4.69) is 10.6 Å². The molecule has 1 unspecified atom stereocenters. The smallest absolute Gasteiger partial charge is 0.332 e. The Morgan fingerprint density at radius 3 is 2.02 bits per heavy atom. The minimum absolute atomic E-state index is 0.0646. The monoisotopic (exact) mass is 607 g/mol. The first-order valence-electron chi connectivity index (χ1n) is 14.3. The highest BCUT2D eigenvalue weighted by Crippen LogP contribution is 2.32. The second kappa shape index (κ2) is 17.0. The molecule has 2 aliphatic rings. The van der Waals surface area contributed by atoms with Gasteiger partial charge in [0.05, 0.1) is 70.6 Å². The molecule has 43 heavy (non-hydrogen) atoms. The summed E-state index contributed by atoms with van der Waals surface area (Å²) in [6, 6.07) is 3.88. The zero-order chi connectivity index (χ0) is 31.2. The molecule has 2 aliphatic heterocycles. The van der Waals surface area contributed by atoms with Gasteiger partial charge in [-0.25, -0.2) is 4.79 Å². The Morgan fingerprint density at radius 2 is 1.44 bits per heavy atom. The molecule has 1 aromatic rings. The minimum Gasteiger partial charge on any atom is -0.458 e. The Bertz CT molecular complexity index is 1140. The molecule has 14 heteroatoms. The number of amides is 4.